The minimum Gasteiger partial charge on any atom is -0.294 e. The smallest absolute Gasteiger partial charge is 0.176 e. The Kier molecular flexibility index (Phi) is 5.77. The van der Waals surface area contributed by atoms with Gasteiger partial charge in [-0.3, -0.25) is 14.4 Å². The van der Waals surface area contributed by atoms with E-state index in [4.69, 9.17) is 0 Å². The average Bonchev–Trinajstić information content (AvgIpc) is 2.90. The molecule has 1 aromatic rings. The van der Waals surface area contributed by atoms with Crippen molar-refractivity contribution in [2.24, 2.45) is 56.7 Å². The molecule has 0 saturated heterocycles. The maximum Gasteiger partial charge on any atom is 0.176 e. The normalized spacial score (nSPS) is 48.8. The van der Waals surface area contributed by atoms with Crippen molar-refractivity contribution in [3.63, 3.8) is 0 Å². The summed E-state index contributed by atoms with van der Waals surface area (Å²) >= 11 is 0. The zero-order valence-corrected chi connectivity index (χ0v) is 25.0. The molecule has 6 rings (SSSR count). The largest absolute Gasteiger partial charge is 0.294 e. The Hall–Kier alpha value is -2.29. The topological polar surface area (TPSA) is 51.2 Å². The lowest BCUT2D eigenvalue weighted by atomic mass is 9.33. The van der Waals surface area contributed by atoms with Gasteiger partial charge in [0.25, 0.3) is 0 Å². The molecule has 0 N–H and O–H groups in total. The van der Waals surface area contributed by atoms with Crippen molar-refractivity contribution < 1.29 is 14.4 Å². The van der Waals surface area contributed by atoms with Crippen molar-refractivity contribution in [2.75, 3.05) is 0 Å². The average molecular weight is 527 g/mol. The summed E-state index contributed by atoms with van der Waals surface area (Å²) in [4.78, 5) is 42.2. The van der Waals surface area contributed by atoms with E-state index in [0.717, 1.165) is 19.3 Å². The van der Waals surface area contributed by atoms with E-state index < -0.39 is 10.8 Å². The quantitative estimate of drug-likeness (QED) is 0.289. The first-order chi connectivity index (χ1) is 18.2. The van der Waals surface area contributed by atoms with E-state index in [2.05, 4.69) is 47.6 Å². The SMILES string of the molecule is C[C@H]1[C@H](C)CC[C@]2(C)CC[C@]3(C)C(=CC(=O)[C@@H]4[C@@]5(C)C=CC(=O)[C@](C)(C(=O)c6ccccc6)[C@@H]5CC[C@]43C)[C@H]12. The van der Waals surface area contributed by atoms with Crippen molar-refractivity contribution in [3.8, 4) is 0 Å². The predicted octanol–water partition coefficient (Wildman–Crippen LogP) is 8.05. The predicted molar refractivity (Wildman–Crippen MR) is 155 cm³/mol. The van der Waals surface area contributed by atoms with Crippen LogP contribution >= 0.6 is 0 Å². The molecule has 5 aliphatic carbocycles. The van der Waals surface area contributed by atoms with Crippen LogP contribution in [-0.4, -0.2) is 17.3 Å². The van der Waals surface area contributed by atoms with E-state index in [1.807, 2.05) is 43.3 Å². The first kappa shape index (κ1) is 26.9. The number of Topliss-reactive ketones (excluding diaryl/α,β-unsaturated/α-hetero) is 1. The maximum atomic E-state index is 14.5. The maximum absolute atomic E-state index is 14.5. The molecule has 39 heavy (non-hydrogen) atoms. The third-order valence-corrected chi connectivity index (χ3v) is 13.6. The van der Waals surface area contributed by atoms with Crippen LogP contribution in [0.3, 0.4) is 0 Å². The number of allylic oxidation sites excluding steroid dienone is 4. The number of hydrogen-bond acceptors (Lipinski definition) is 3. The van der Waals surface area contributed by atoms with E-state index in [-0.39, 0.29) is 45.4 Å². The third kappa shape index (κ3) is 3.25. The summed E-state index contributed by atoms with van der Waals surface area (Å²) in [6.45, 7) is 16.2. The molecule has 3 heteroatoms. The Balaban J connectivity index is 1.48. The highest BCUT2D eigenvalue weighted by Crippen LogP contribution is 2.74. The molecule has 0 aliphatic heterocycles. The highest BCUT2D eigenvalue weighted by Gasteiger charge is 2.71. The van der Waals surface area contributed by atoms with Gasteiger partial charge in [-0.15, -0.1) is 0 Å². The lowest BCUT2D eigenvalue weighted by molar-refractivity contribution is -0.168. The fourth-order valence-corrected chi connectivity index (χ4v) is 10.9. The molecule has 0 bridgehead atoms. The van der Waals surface area contributed by atoms with Gasteiger partial charge in [-0.1, -0.05) is 83.5 Å². The van der Waals surface area contributed by atoms with Crippen molar-refractivity contribution in [2.45, 2.75) is 87.0 Å². The number of fused-ring (bicyclic) bond motifs is 7. The third-order valence-electron chi connectivity index (χ3n) is 13.6. The zero-order chi connectivity index (χ0) is 28.2. The molecule has 208 valence electrons. The molecular weight excluding hydrogens is 480 g/mol. The van der Waals surface area contributed by atoms with Crippen LogP contribution in [0.5, 0.6) is 0 Å². The van der Waals surface area contributed by atoms with Gasteiger partial charge in [0.1, 0.15) is 0 Å². The molecule has 10 atom stereocenters. The lowest BCUT2D eigenvalue weighted by Gasteiger charge is -2.69. The first-order valence-corrected chi connectivity index (χ1v) is 15.3. The number of ketones is 3. The van der Waals surface area contributed by atoms with Gasteiger partial charge in [0, 0.05) is 16.9 Å². The van der Waals surface area contributed by atoms with Gasteiger partial charge in [0.15, 0.2) is 17.3 Å². The summed E-state index contributed by atoms with van der Waals surface area (Å²) in [5.41, 5.74) is 0.243. The van der Waals surface area contributed by atoms with Crippen molar-refractivity contribution in [3.05, 3.63) is 59.7 Å². The Bertz CT molecular complexity index is 1310. The van der Waals surface area contributed by atoms with E-state index in [0.29, 0.717) is 23.3 Å². The van der Waals surface area contributed by atoms with E-state index >= 15 is 0 Å². The highest BCUT2D eigenvalue weighted by molar-refractivity contribution is 6.18. The number of carbonyl (C=O) groups is 3. The summed E-state index contributed by atoms with van der Waals surface area (Å²) in [5.74, 6) is 1.21. The van der Waals surface area contributed by atoms with Gasteiger partial charge in [0.05, 0.1) is 5.41 Å². The second-order valence-electron chi connectivity index (χ2n) is 15.2. The molecule has 3 nitrogen and oxygen atoms in total. The van der Waals surface area contributed by atoms with Gasteiger partial charge in [-0.25, -0.2) is 0 Å². The van der Waals surface area contributed by atoms with Crippen molar-refractivity contribution in [1.82, 2.24) is 0 Å². The van der Waals surface area contributed by atoms with Crippen LogP contribution in [0.2, 0.25) is 0 Å². The lowest BCUT2D eigenvalue weighted by Crippen LogP contribution is -2.66. The summed E-state index contributed by atoms with van der Waals surface area (Å²) in [7, 11) is 0. The second kappa shape index (κ2) is 8.37. The molecule has 3 fully saturated rings. The van der Waals surface area contributed by atoms with Gasteiger partial charge in [-0.05, 0) is 97.5 Å². The van der Waals surface area contributed by atoms with Crippen LogP contribution in [0.1, 0.15) is 97.3 Å². The number of benzene rings is 1. The molecule has 0 radical (unpaired) electrons. The van der Waals surface area contributed by atoms with Crippen molar-refractivity contribution in [1.29, 1.82) is 0 Å². The van der Waals surface area contributed by atoms with Crippen LogP contribution in [0.25, 0.3) is 0 Å². The molecule has 0 amide bonds. The number of rotatable bonds is 2. The number of carbonyl (C=O) groups excluding carboxylic acids is 3. The van der Waals surface area contributed by atoms with E-state index in [1.54, 1.807) is 6.08 Å². The minimum absolute atomic E-state index is 0.0653. The zero-order valence-electron chi connectivity index (χ0n) is 25.0. The molecule has 0 spiro atoms. The first-order valence-electron chi connectivity index (χ1n) is 15.3. The van der Waals surface area contributed by atoms with Crippen LogP contribution in [0.4, 0.5) is 0 Å². The Morgan fingerprint density at radius 1 is 0.872 bits per heavy atom. The fraction of sp³-hybridized carbons (Fsp3) is 0.639. The Morgan fingerprint density at radius 3 is 2.26 bits per heavy atom. The van der Waals surface area contributed by atoms with Gasteiger partial charge in [0.2, 0.25) is 0 Å². The van der Waals surface area contributed by atoms with Crippen LogP contribution in [0.15, 0.2) is 54.1 Å². The van der Waals surface area contributed by atoms with Gasteiger partial charge in [-0.2, -0.15) is 0 Å². The fourth-order valence-electron chi connectivity index (χ4n) is 10.9. The van der Waals surface area contributed by atoms with E-state index in [1.165, 1.54) is 24.8 Å². The Labute approximate surface area is 234 Å². The molecule has 5 aliphatic rings. The van der Waals surface area contributed by atoms with Crippen LogP contribution in [-0.2, 0) is 9.59 Å². The minimum atomic E-state index is -1.17. The molecule has 3 saturated carbocycles. The summed E-state index contributed by atoms with van der Waals surface area (Å²) in [5, 5.41) is 0. The monoisotopic (exact) mass is 526 g/mol. The van der Waals surface area contributed by atoms with Gasteiger partial charge < -0.3 is 0 Å². The Morgan fingerprint density at radius 2 is 1.56 bits per heavy atom. The van der Waals surface area contributed by atoms with E-state index in [9.17, 15) is 14.4 Å². The molecule has 1 aromatic carbocycles. The summed E-state index contributed by atoms with van der Waals surface area (Å²) in [6.07, 6.45) is 12.2. The molecule has 0 aromatic heterocycles. The van der Waals surface area contributed by atoms with Crippen molar-refractivity contribution >= 4 is 17.3 Å². The standard InChI is InChI=1S/C36H46O3/c1-22-13-16-32(3)19-20-34(5)25(29(32)23(22)2)21-26(37)30-33(4)17-15-28(38)36(7,27(33)14-18-35(30,34)6)31(39)24-11-9-8-10-12-24/h8-12,15,17,21-23,27,29-30H,13-14,16,18-20H2,1-7H3/t22-,23+,27-,29+,30-,32-,33+,34-,35-,36-/m1/s1. The second-order valence-corrected chi connectivity index (χ2v) is 15.2. The highest BCUT2D eigenvalue weighted by atomic mass is 16.2. The molecular formula is C36H46O3. The van der Waals surface area contributed by atoms with Crippen LogP contribution < -0.4 is 0 Å². The summed E-state index contributed by atoms with van der Waals surface area (Å²) in [6, 6.07) is 9.25. The number of hydrogen-bond donors (Lipinski definition) is 0. The molecule has 0 unspecified atom stereocenters. The van der Waals surface area contributed by atoms with Crippen LogP contribution in [0, 0.1) is 56.7 Å². The summed E-state index contributed by atoms with van der Waals surface area (Å²) < 4.78 is 0. The molecule has 0 heterocycles. The van der Waals surface area contributed by atoms with Gasteiger partial charge >= 0.3 is 0 Å².